The maximum absolute atomic E-state index is 12.4. The van der Waals surface area contributed by atoms with Gasteiger partial charge in [-0.2, -0.15) is 13.5 Å². The predicted molar refractivity (Wildman–Crippen MR) is 75.9 cm³/mol. The van der Waals surface area contributed by atoms with Crippen molar-refractivity contribution in [3.05, 3.63) is 42.4 Å². The van der Waals surface area contributed by atoms with Gasteiger partial charge in [-0.3, -0.25) is 14.2 Å². The van der Waals surface area contributed by atoms with Gasteiger partial charge in [-0.15, -0.1) is 0 Å². The quantitative estimate of drug-likeness (QED) is 0.681. The summed E-state index contributed by atoms with van der Waals surface area (Å²) in [7, 11) is -2.69. The lowest BCUT2D eigenvalue weighted by Gasteiger charge is -2.04. The van der Waals surface area contributed by atoms with E-state index in [1.807, 2.05) is 0 Å². The van der Waals surface area contributed by atoms with Crippen molar-refractivity contribution in [1.29, 1.82) is 0 Å². The van der Waals surface area contributed by atoms with E-state index in [2.05, 4.69) is 24.6 Å². The highest BCUT2D eigenvalue weighted by Crippen LogP contribution is 2.16. The Hall–Kier alpha value is -2.88. The van der Waals surface area contributed by atoms with Crippen LogP contribution in [0, 0.1) is 0 Å². The molecule has 0 atom stereocenters. The van der Waals surface area contributed by atoms with E-state index >= 15 is 0 Å². The van der Waals surface area contributed by atoms with E-state index in [4.69, 9.17) is 0 Å². The number of nitrogens with zero attached hydrogens (tertiary/aromatic N) is 3. The number of fused-ring (bicyclic) bond motifs is 1. The second-order valence-electron chi connectivity index (χ2n) is 4.29. The van der Waals surface area contributed by atoms with Crippen LogP contribution in [0.25, 0.3) is 5.65 Å². The number of anilines is 1. The van der Waals surface area contributed by atoms with Crippen molar-refractivity contribution in [3.8, 4) is 0 Å². The summed E-state index contributed by atoms with van der Waals surface area (Å²) in [6.45, 7) is 0. The Bertz CT molecular complexity index is 943. The fraction of sp³-hybridized carbons (Fsp3) is 0.0833. The molecule has 0 amide bonds. The van der Waals surface area contributed by atoms with Gasteiger partial charge in [0, 0.05) is 12.3 Å². The maximum atomic E-state index is 12.4. The number of hydrogen-bond acceptors (Lipinski definition) is 6. The molecule has 0 unspecified atom stereocenters. The summed E-state index contributed by atoms with van der Waals surface area (Å²) in [6.07, 6.45) is 2.83. The van der Waals surface area contributed by atoms with Crippen LogP contribution in [-0.2, 0) is 14.8 Å². The van der Waals surface area contributed by atoms with Crippen molar-refractivity contribution in [1.82, 2.24) is 19.6 Å². The lowest BCUT2D eigenvalue weighted by atomic mass is 10.4. The minimum Gasteiger partial charge on any atom is -0.464 e. The van der Waals surface area contributed by atoms with Crippen LogP contribution >= 0.6 is 0 Å². The normalized spacial score (nSPS) is 11.5. The molecule has 3 rings (SSSR count). The Labute approximate surface area is 125 Å². The van der Waals surface area contributed by atoms with Crippen LogP contribution in [-0.4, -0.2) is 41.1 Å². The van der Waals surface area contributed by atoms with E-state index in [-0.39, 0.29) is 16.5 Å². The number of rotatable bonds is 4. The number of sulfonamides is 1. The lowest BCUT2D eigenvalue weighted by molar-refractivity contribution is 0.0594. The maximum Gasteiger partial charge on any atom is 0.356 e. The predicted octanol–water partition coefficient (Wildman–Crippen LogP) is 0.645. The van der Waals surface area contributed by atoms with Crippen molar-refractivity contribution in [3.63, 3.8) is 0 Å². The molecule has 0 aromatic carbocycles. The minimum absolute atomic E-state index is 0.0220. The number of hydrogen-bond donors (Lipinski definition) is 2. The number of aromatic nitrogens is 4. The number of aromatic amines is 1. The van der Waals surface area contributed by atoms with Gasteiger partial charge in [0.2, 0.25) is 0 Å². The van der Waals surface area contributed by atoms with Gasteiger partial charge in [0.25, 0.3) is 10.0 Å². The average Bonchev–Trinajstić information content (AvgIpc) is 3.12. The van der Waals surface area contributed by atoms with Crippen molar-refractivity contribution in [2.75, 3.05) is 11.8 Å². The number of carbonyl (C=O) groups is 1. The number of methoxy groups -OCH3 is 1. The van der Waals surface area contributed by atoms with Gasteiger partial charge in [-0.25, -0.2) is 9.78 Å². The van der Waals surface area contributed by atoms with Crippen molar-refractivity contribution in [2.24, 2.45) is 0 Å². The molecule has 0 bridgehead atoms. The number of H-pyrrole nitrogens is 1. The molecule has 0 fully saturated rings. The summed E-state index contributed by atoms with van der Waals surface area (Å²) in [6, 6.07) is 6.37. The first kappa shape index (κ1) is 14.1. The number of pyridine rings is 1. The number of nitrogens with one attached hydrogen (secondary N) is 2. The van der Waals surface area contributed by atoms with Crippen LogP contribution in [0.4, 0.5) is 5.82 Å². The van der Waals surface area contributed by atoms with Gasteiger partial charge in [0.1, 0.15) is 11.3 Å². The third-order valence-electron chi connectivity index (χ3n) is 2.88. The third kappa shape index (κ3) is 2.39. The summed E-state index contributed by atoms with van der Waals surface area (Å²) in [5.74, 6) is -0.668. The first-order valence-corrected chi connectivity index (χ1v) is 7.58. The fourth-order valence-electron chi connectivity index (χ4n) is 1.89. The second kappa shape index (κ2) is 5.15. The zero-order valence-corrected chi connectivity index (χ0v) is 12.2. The van der Waals surface area contributed by atoms with Gasteiger partial charge in [-0.05, 0) is 12.1 Å². The molecule has 3 heterocycles. The number of imidazole rings is 1. The topological polar surface area (TPSA) is 118 Å². The highest BCUT2D eigenvalue weighted by atomic mass is 32.2. The van der Waals surface area contributed by atoms with Gasteiger partial charge in [0.05, 0.1) is 13.3 Å². The highest BCUT2D eigenvalue weighted by molar-refractivity contribution is 7.92. The molecular formula is C12H11N5O4S. The molecule has 10 heteroatoms. The Morgan fingerprint density at radius 2 is 2.23 bits per heavy atom. The van der Waals surface area contributed by atoms with E-state index in [9.17, 15) is 13.2 Å². The van der Waals surface area contributed by atoms with Crippen LogP contribution < -0.4 is 4.72 Å². The Kier molecular flexibility index (Phi) is 3.29. The molecule has 22 heavy (non-hydrogen) atoms. The summed E-state index contributed by atoms with van der Waals surface area (Å²) in [5, 5.41) is 6.07. The molecule has 9 nitrogen and oxygen atoms in total. The molecule has 0 aliphatic carbocycles. The summed E-state index contributed by atoms with van der Waals surface area (Å²) in [5.41, 5.74) is 0.540. The zero-order valence-electron chi connectivity index (χ0n) is 11.3. The first-order chi connectivity index (χ1) is 10.5. The summed E-state index contributed by atoms with van der Waals surface area (Å²) in [4.78, 5) is 15.3. The smallest absolute Gasteiger partial charge is 0.356 e. The van der Waals surface area contributed by atoms with Crippen molar-refractivity contribution in [2.45, 2.75) is 5.03 Å². The van der Waals surface area contributed by atoms with Gasteiger partial charge in [-0.1, -0.05) is 6.07 Å². The molecule has 114 valence electrons. The average molecular weight is 321 g/mol. The highest BCUT2D eigenvalue weighted by Gasteiger charge is 2.21. The molecule has 0 radical (unpaired) electrons. The molecule has 0 aliphatic rings. The van der Waals surface area contributed by atoms with Crippen LogP contribution in [0.5, 0.6) is 0 Å². The van der Waals surface area contributed by atoms with Crippen LogP contribution in [0.3, 0.4) is 0 Å². The Balaban J connectivity index is 1.94. The summed E-state index contributed by atoms with van der Waals surface area (Å²) >= 11 is 0. The molecule has 0 saturated carbocycles. The van der Waals surface area contributed by atoms with Gasteiger partial charge < -0.3 is 4.74 Å². The van der Waals surface area contributed by atoms with Crippen LogP contribution in [0.1, 0.15) is 10.5 Å². The molecule has 2 N–H and O–H groups in total. The van der Waals surface area contributed by atoms with Crippen molar-refractivity contribution < 1.29 is 17.9 Å². The Morgan fingerprint density at radius 3 is 3.00 bits per heavy atom. The fourth-order valence-corrected chi connectivity index (χ4v) is 2.98. The molecule has 0 spiro atoms. The SMILES string of the molecule is COC(=O)c1cc(NS(=O)(=O)c2cnc3ccccn23)n[nH]1. The number of carbonyl (C=O) groups excluding carboxylic acids is 1. The molecular weight excluding hydrogens is 310 g/mol. The second-order valence-corrected chi connectivity index (χ2v) is 5.92. The van der Waals surface area contributed by atoms with E-state index in [0.717, 1.165) is 0 Å². The number of ether oxygens (including phenoxy) is 1. The molecule has 0 saturated heterocycles. The molecule has 3 aromatic rings. The molecule has 3 aromatic heterocycles. The van der Waals surface area contributed by atoms with Crippen LogP contribution in [0.2, 0.25) is 0 Å². The molecule has 0 aliphatic heterocycles. The Morgan fingerprint density at radius 1 is 1.41 bits per heavy atom. The van der Waals surface area contributed by atoms with Gasteiger partial charge in [0.15, 0.2) is 10.8 Å². The monoisotopic (exact) mass is 321 g/mol. The lowest BCUT2D eigenvalue weighted by Crippen LogP contribution is -2.15. The van der Waals surface area contributed by atoms with E-state index < -0.39 is 16.0 Å². The largest absolute Gasteiger partial charge is 0.464 e. The van der Waals surface area contributed by atoms with Gasteiger partial charge >= 0.3 is 5.97 Å². The van der Waals surface area contributed by atoms with Crippen molar-refractivity contribution >= 4 is 27.5 Å². The van der Waals surface area contributed by atoms with E-state index in [0.29, 0.717) is 5.65 Å². The van der Waals surface area contributed by atoms with Crippen LogP contribution in [0.15, 0.2) is 41.7 Å². The third-order valence-corrected chi connectivity index (χ3v) is 4.21. The summed E-state index contributed by atoms with van der Waals surface area (Å²) < 4.78 is 33.0. The number of esters is 1. The zero-order chi connectivity index (χ0) is 15.7. The minimum atomic E-state index is -3.90. The standard InChI is InChI=1S/C12H11N5O4S/c1-21-12(18)8-6-9(15-14-8)16-22(19,20)11-7-13-10-4-2-3-5-17(10)11/h2-7H,1H3,(H2,14,15,16). The van der Waals surface area contributed by atoms with E-state index in [1.165, 1.54) is 23.8 Å². The van der Waals surface area contributed by atoms with E-state index in [1.54, 1.807) is 24.4 Å². The first-order valence-electron chi connectivity index (χ1n) is 6.10.